The van der Waals surface area contributed by atoms with Crippen molar-refractivity contribution in [1.82, 2.24) is 0 Å². The standard InChI is InChI=1S/C8H16O/c1-4-8(2,3)6-5-7-9/h7H,4-6H2,1-3H3. The third-order valence-electron chi connectivity index (χ3n) is 1.90. The van der Waals surface area contributed by atoms with E-state index in [2.05, 4.69) is 20.8 Å². The molecule has 0 rings (SSSR count). The second-order valence-corrected chi connectivity index (χ2v) is 3.22. The summed E-state index contributed by atoms with van der Waals surface area (Å²) in [6.45, 7) is 6.54. The van der Waals surface area contributed by atoms with Gasteiger partial charge in [-0.25, -0.2) is 0 Å². The minimum absolute atomic E-state index is 0.362. The zero-order valence-electron chi connectivity index (χ0n) is 6.61. The lowest BCUT2D eigenvalue weighted by atomic mass is 9.85. The molecule has 0 radical (unpaired) electrons. The van der Waals surface area contributed by atoms with Crippen molar-refractivity contribution in [2.75, 3.05) is 0 Å². The van der Waals surface area contributed by atoms with Crippen molar-refractivity contribution in [1.29, 1.82) is 0 Å². The van der Waals surface area contributed by atoms with Gasteiger partial charge < -0.3 is 4.79 Å². The van der Waals surface area contributed by atoms with Crippen LogP contribution < -0.4 is 0 Å². The molecule has 1 heteroatoms. The summed E-state index contributed by atoms with van der Waals surface area (Å²) in [5.41, 5.74) is 0.362. The van der Waals surface area contributed by atoms with Crippen LogP contribution in [0.1, 0.15) is 40.0 Å². The van der Waals surface area contributed by atoms with Crippen LogP contribution in [0.3, 0.4) is 0 Å². The molecule has 0 spiro atoms. The third kappa shape index (κ3) is 4.19. The molecule has 0 atom stereocenters. The number of hydrogen-bond donors (Lipinski definition) is 0. The summed E-state index contributed by atoms with van der Waals surface area (Å²) < 4.78 is 0. The number of carbonyl (C=O) groups is 1. The van der Waals surface area contributed by atoms with Crippen molar-refractivity contribution in [3.63, 3.8) is 0 Å². The molecule has 0 unspecified atom stereocenters. The maximum atomic E-state index is 9.97. The first-order valence-electron chi connectivity index (χ1n) is 3.56. The Balaban J connectivity index is 3.44. The highest BCUT2D eigenvalue weighted by Gasteiger charge is 2.13. The first-order valence-corrected chi connectivity index (χ1v) is 3.56. The topological polar surface area (TPSA) is 17.1 Å². The molecule has 0 aliphatic carbocycles. The summed E-state index contributed by atoms with van der Waals surface area (Å²) in [5, 5.41) is 0. The highest BCUT2D eigenvalue weighted by Crippen LogP contribution is 2.24. The van der Waals surface area contributed by atoms with E-state index in [4.69, 9.17) is 0 Å². The van der Waals surface area contributed by atoms with Crippen LogP contribution in [0.15, 0.2) is 0 Å². The fraction of sp³-hybridized carbons (Fsp3) is 0.875. The Morgan fingerprint density at radius 3 is 2.33 bits per heavy atom. The normalized spacial score (nSPS) is 11.4. The fourth-order valence-electron chi connectivity index (χ4n) is 0.626. The van der Waals surface area contributed by atoms with Gasteiger partial charge in [-0.2, -0.15) is 0 Å². The predicted molar refractivity (Wildman–Crippen MR) is 39.4 cm³/mol. The lowest BCUT2D eigenvalue weighted by molar-refractivity contribution is -0.108. The summed E-state index contributed by atoms with van der Waals surface area (Å²) in [4.78, 5) is 9.97. The molecule has 0 saturated heterocycles. The molecule has 0 aliphatic heterocycles. The lowest BCUT2D eigenvalue weighted by Crippen LogP contribution is -2.08. The van der Waals surface area contributed by atoms with Crippen LogP contribution in [-0.2, 0) is 4.79 Å². The first-order chi connectivity index (χ1) is 4.12. The van der Waals surface area contributed by atoms with Gasteiger partial charge in [0.2, 0.25) is 0 Å². The van der Waals surface area contributed by atoms with Crippen molar-refractivity contribution in [2.45, 2.75) is 40.0 Å². The molecule has 54 valence electrons. The van der Waals surface area contributed by atoms with Gasteiger partial charge in [0.05, 0.1) is 0 Å². The summed E-state index contributed by atoms with van der Waals surface area (Å²) in [6, 6.07) is 0. The molecule has 0 saturated carbocycles. The fourth-order valence-corrected chi connectivity index (χ4v) is 0.626. The van der Waals surface area contributed by atoms with Gasteiger partial charge in [0, 0.05) is 6.42 Å². The average Bonchev–Trinajstić information content (AvgIpc) is 1.84. The van der Waals surface area contributed by atoms with Crippen molar-refractivity contribution in [3.05, 3.63) is 0 Å². The van der Waals surface area contributed by atoms with Crippen LogP contribution in [0.25, 0.3) is 0 Å². The molecular weight excluding hydrogens is 112 g/mol. The molecule has 0 aromatic rings. The number of rotatable bonds is 4. The van der Waals surface area contributed by atoms with Crippen molar-refractivity contribution in [2.24, 2.45) is 5.41 Å². The molecule has 0 heterocycles. The quantitative estimate of drug-likeness (QED) is 0.531. The minimum atomic E-state index is 0.362. The van der Waals surface area contributed by atoms with Crippen molar-refractivity contribution >= 4 is 6.29 Å². The van der Waals surface area contributed by atoms with E-state index in [9.17, 15) is 4.79 Å². The highest BCUT2D eigenvalue weighted by atomic mass is 16.1. The third-order valence-corrected chi connectivity index (χ3v) is 1.90. The monoisotopic (exact) mass is 128 g/mol. The molecular formula is C8H16O. The van der Waals surface area contributed by atoms with Crippen LogP contribution in [-0.4, -0.2) is 6.29 Å². The Morgan fingerprint density at radius 2 is 2.00 bits per heavy atom. The average molecular weight is 128 g/mol. The molecule has 0 bridgehead atoms. The van der Waals surface area contributed by atoms with Gasteiger partial charge in [0.1, 0.15) is 6.29 Å². The van der Waals surface area contributed by atoms with Crippen LogP contribution in [0, 0.1) is 5.41 Å². The molecule has 0 N–H and O–H groups in total. The van der Waals surface area contributed by atoms with Crippen LogP contribution >= 0.6 is 0 Å². The van der Waals surface area contributed by atoms with Gasteiger partial charge in [-0.3, -0.25) is 0 Å². The molecule has 0 fully saturated rings. The van der Waals surface area contributed by atoms with E-state index < -0.39 is 0 Å². The minimum Gasteiger partial charge on any atom is -0.303 e. The van der Waals surface area contributed by atoms with E-state index in [1.165, 1.54) is 0 Å². The van der Waals surface area contributed by atoms with Gasteiger partial charge in [-0.05, 0) is 11.8 Å². The molecule has 0 amide bonds. The maximum absolute atomic E-state index is 9.97. The van der Waals surface area contributed by atoms with Crippen molar-refractivity contribution in [3.8, 4) is 0 Å². The zero-order chi connectivity index (χ0) is 7.33. The van der Waals surface area contributed by atoms with E-state index in [0.29, 0.717) is 11.8 Å². The number of carbonyl (C=O) groups excluding carboxylic acids is 1. The maximum Gasteiger partial charge on any atom is 0.120 e. The molecule has 9 heavy (non-hydrogen) atoms. The van der Waals surface area contributed by atoms with E-state index >= 15 is 0 Å². The summed E-state index contributed by atoms with van der Waals surface area (Å²) in [5.74, 6) is 0. The summed E-state index contributed by atoms with van der Waals surface area (Å²) >= 11 is 0. The first kappa shape index (κ1) is 8.67. The molecule has 1 nitrogen and oxygen atoms in total. The van der Waals surface area contributed by atoms with E-state index in [0.717, 1.165) is 19.1 Å². The van der Waals surface area contributed by atoms with Crippen LogP contribution in [0.5, 0.6) is 0 Å². The Hall–Kier alpha value is -0.330. The highest BCUT2D eigenvalue weighted by molar-refractivity contribution is 5.49. The largest absolute Gasteiger partial charge is 0.303 e. The Kier molecular flexibility index (Phi) is 3.52. The van der Waals surface area contributed by atoms with E-state index in [1.807, 2.05) is 0 Å². The Labute approximate surface area is 57.5 Å². The number of aldehydes is 1. The van der Waals surface area contributed by atoms with Crippen LogP contribution in [0.4, 0.5) is 0 Å². The summed E-state index contributed by atoms with van der Waals surface area (Å²) in [6.07, 6.45) is 3.88. The van der Waals surface area contributed by atoms with Gasteiger partial charge in [0.15, 0.2) is 0 Å². The second-order valence-electron chi connectivity index (χ2n) is 3.22. The SMILES string of the molecule is CCC(C)(C)CCC=O. The van der Waals surface area contributed by atoms with Gasteiger partial charge in [-0.15, -0.1) is 0 Å². The molecule has 0 aromatic heterocycles. The van der Waals surface area contributed by atoms with Gasteiger partial charge in [0.25, 0.3) is 0 Å². The van der Waals surface area contributed by atoms with Gasteiger partial charge in [-0.1, -0.05) is 27.2 Å². The second kappa shape index (κ2) is 3.65. The summed E-state index contributed by atoms with van der Waals surface area (Å²) in [7, 11) is 0. The van der Waals surface area contributed by atoms with E-state index in [-0.39, 0.29) is 0 Å². The van der Waals surface area contributed by atoms with Crippen molar-refractivity contribution < 1.29 is 4.79 Å². The van der Waals surface area contributed by atoms with Gasteiger partial charge >= 0.3 is 0 Å². The van der Waals surface area contributed by atoms with Crippen LogP contribution in [0.2, 0.25) is 0 Å². The number of hydrogen-bond acceptors (Lipinski definition) is 1. The Bertz CT molecular complexity index is 84.6. The lowest BCUT2D eigenvalue weighted by Gasteiger charge is -2.20. The Morgan fingerprint density at radius 1 is 1.44 bits per heavy atom. The predicted octanol–water partition coefficient (Wildman–Crippen LogP) is 2.40. The zero-order valence-corrected chi connectivity index (χ0v) is 6.61. The molecule has 0 aliphatic rings. The molecule has 0 aromatic carbocycles. The smallest absolute Gasteiger partial charge is 0.120 e. The van der Waals surface area contributed by atoms with E-state index in [1.54, 1.807) is 0 Å².